The quantitative estimate of drug-likeness (QED) is 0.594. The third kappa shape index (κ3) is 3.47. The van der Waals surface area contributed by atoms with Gasteiger partial charge in [0.25, 0.3) is 0 Å². The first-order valence-electron chi connectivity index (χ1n) is 9.03. The van der Waals surface area contributed by atoms with E-state index in [0.717, 1.165) is 41.0 Å². The van der Waals surface area contributed by atoms with Crippen LogP contribution in [0, 0.1) is 0 Å². The number of imide groups is 2. The zero-order valence-electron chi connectivity index (χ0n) is 14.9. The van der Waals surface area contributed by atoms with Crippen LogP contribution >= 0.6 is 0 Å². The molecule has 0 bridgehead atoms. The summed E-state index contributed by atoms with van der Waals surface area (Å²) in [6, 6.07) is 8.39. The molecule has 2 aliphatic rings. The summed E-state index contributed by atoms with van der Waals surface area (Å²) in [6.07, 6.45) is 3.77. The number of amides is 5. The normalized spacial score (nSPS) is 20.9. The molecule has 7 nitrogen and oxygen atoms in total. The SMILES string of the molecule is CC[C@H]1CCCCN1C(=O)CN1C(=O)C(=O)N(Cc2ccccc2)C1=O. The standard InChI is InChI=1S/C19H23N3O4/c1-2-15-10-6-7-11-20(15)16(23)13-22-18(25)17(24)21(19(22)26)12-14-8-4-3-5-9-14/h3-5,8-9,15H,2,6-7,10-13H2,1H3/t15-/m0/s1. The lowest BCUT2D eigenvalue weighted by atomic mass is 10.00. The Morgan fingerprint density at radius 1 is 1.04 bits per heavy atom. The van der Waals surface area contributed by atoms with Gasteiger partial charge in [-0.1, -0.05) is 37.3 Å². The lowest BCUT2D eigenvalue weighted by Gasteiger charge is -2.35. The fraction of sp³-hybridized carbons (Fsp3) is 0.474. The van der Waals surface area contributed by atoms with Gasteiger partial charge in [-0.2, -0.15) is 0 Å². The Morgan fingerprint density at radius 2 is 1.73 bits per heavy atom. The zero-order chi connectivity index (χ0) is 18.7. The van der Waals surface area contributed by atoms with Crippen LogP contribution in [-0.4, -0.2) is 57.6 Å². The average Bonchev–Trinajstić information content (AvgIpc) is 2.87. The van der Waals surface area contributed by atoms with Gasteiger partial charge in [0.1, 0.15) is 6.54 Å². The second-order valence-electron chi connectivity index (χ2n) is 6.70. The summed E-state index contributed by atoms with van der Waals surface area (Å²) in [7, 11) is 0. The molecule has 1 aromatic rings. The summed E-state index contributed by atoms with van der Waals surface area (Å²) in [5.41, 5.74) is 0.747. The molecule has 5 amide bonds. The molecule has 0 radical (unpaired) electrons. The van der Waals surface area contributed by atoms with Gasteiger partial charge in [0.2, 0.25) is 5.91 Å². The lowest BCUT2D eigenvalue weighted by Crippen LogP contribution is -2.49. The number of likely N-dealkylation sites (tertiary alicyclic amines) is 1. The number of benzene rings is 1. The van der Waals surface area contributed by atoms with E-state index in [1.54, 1.807) is 29.2 Å². The Hall–Kier alpha value is -2.70. The van der Waals surface area contributed by atoms with Gasteiger partial charge in [-0.25, -0.2) is 9.69 Å². The fourth-order valence-electron chi connectivity index (χ4n) is 3.57. The zero-order valence-corrected chi connectivity index (χ0v) is 14.9. The highest BCUT2D eigenvalue weighted by molar-refractivity contribution is 6.44. The van der Waals surface area contributed by atoms with Crippen molar-refractivity contribution in [2.75, 3.05) is 13.1 Å². The number of rotatable bonds is 5. The van der Waals surface area contributed by atoms with Crippen LogP contribution in [0.1, 0.15) is 38.2 Å². The van der Waals surface area contributed by atoms with Gasteiger partial charge in [-0.3, -0.25) is 19.3 Å². The minimum atomic E-state index is -0.927. The largest absolute Gasteiger partial charge is 0.338 e. The molecule has 26 heavy (non-hydrogen) atoms. The topological polar surface area (TPSA) is 78.0 Å². The highest BCUT2D eigenvalue weighted by atomic mass is 16.2. The third-order valence-electron chi connectivity index (χ3n) is 5.03. The van der Waals surface area contributed by atoms with Crippen molar-refractivity contribution >= 4 is 23.8 Å². The van der Waals surface area contributed by atoms with Gasteiger partial charge in [0.05, 0.1) is 6.54 Å². The van der Waals surface area contributed by atoms with Crippen LogP contribution < -0.4 is 0 Å². The molecule has 2 saturated heterocycles. The first kappa shape index (κ1) is 18.1. The molecule has 1 aromatic carbocycles. The van der Waals surface area contributed by atoms with E-state index in [-0.39, 0.29) is 25.0 Å². The molecule has 2 fully saturated rings. The Balaban J connectivity index is 1.70. The summed E-state index contributed by atoms with van der Waals surface area (Å²) < 4.78 is 0. The monoisotopic (exact) mass is 357 g/mol. The van der Waals surface area contributed by atoms with Gasteiger partial charge in [-0.15, -0.1) is 0 Å². The number of hydrogen-bond acceptors (Lipinski definition) is 4. The van der Waals surface area contributed by atoms with Gasteiger partial charge < -0.3 is 4.90 Å². The van der Waals surface area contributed by atoms with Gasteiger partial charge in [-0.05, 0) is 31.2 Å². The van der Waals surface area contributed by atoms with Crippen molar-refractivity contribution in [1.29, 1.82) is 0 Å². The van der Waals surface area contributed by atoms with Crippen molar-refractivity contribution in [3.05, 3.63) is 35.9 Å². The molecule has 0 saturated carbocycles. The maximum atomic E-state index is 12.6. The summed E-state index contributed by atoms with van der Waals surface area (Å²) >= 11 is 0. The highest BCUT2D eigenvalue weighted by Crippen LogP contribution is 2.21. The number of nitrogens with zero attached hydrogens (tertiary/aromatic N) is 3. The number of carbonyl (C=O) groups is 4. The van der Waals surface area contributed by atoms with E-state index < -0.39 is 17.8 Å². The van der Waals surface area contributed by atoms with Crippen molar-refractivity contribution in [2.24, 2.45) is 0 Å². The van der Waals surface area contributed by atoms with Crippen LogP contribution in [0.25, 0.3) is 0 Å². The Morgan fingerprint density at radius 3 is 2.42 bits per heavy atom. The lowest BCUT2D eigenvalue weighted by molar-refractivity contribution is -0.145. The number of piperidine rings is 1. The number of carbonyl (C=O) groups excluding carboxylic acids is 4. The van der Waals surface area contributed by atoms with Crippen molar-refractivity contribution in [3.63, 3.8) is 0 Å². The molecule has 0 unspecified atom stereocenters. The molecule has 138 valence electrons. The predicted octanol–water partition coefficient (Wildman–Crippen LogP) is 1.77. The van der Waals surface area contributed by atoms with Crippen LogP contribution in [0.5, 0.6) is 0 Å². The summed E-state index contributed by atoms with van der Waals surface area (Å²) in [6.45, 7) is 2.31. The minimum Gasteiger partial charge on any atom is -0.338 e. The number of hydrogen-bond donors (Lipinski definition) is 0. The number of urea groups is 1. The van der Waals surface area contributed by atoms with Crippen molar-refractivity contribution in [2.45, 2.75) is 45.2 Å². The predicted molar refractivity (Wildman–Crippen MR) is 93.7 cm³/mol. The second-order valence-corrected chi connectivity index (χ2v) is 6.70. The first-order valence-corrected chi connectivity index (χ1v) is 9.03. The highest BCUT2D eigenvalue weighted by Gasteiger charge is 2.45. The molecular formula is C19H23N3O4. The van der Waals surface area contributed by atoms with Crippen LogP contribution in [0.15, 0.2) is 30.3 Å². The molecule has 2 aliphatic heterocycles. The van der Waals surface area contributed by atoms with Crippen molar-refractivity contribution < 1.29 is 19.2 Å². The van der Waals surface area contributed by atoms with E-state index in [9.17, 15) is 19.2 Å². The molecule has 0 spiro atoms. The average molecular weight is 357 g/mol. The Kier molecular flexibility index (Phi) is 5.35. The Bertz CT molecular complexity index is 719. The maximum absolute atomic E-state index is 12.6. The van der Waals surface area contributed by atoms with E-state index in [0.29, 0.717) is 6.54 Å². The summed E-state index contributed by atoms with van der Waals surface area (Å²) in [5.74, 6) is -2.07. The van der Waals surface area contributed by atoms with Gasteiger partial charge >= 0.3 is 17.8 Å². The molecule has 7 heteroatoms. The first-order chi connectivity index (χ1) is 12.5. The molecule has 1 atom stereocenters. The fourth-order valence-corrected chi connectivity index (χ4v) is 3.57. The smallest absolute Gasteiger partial charge is 0.335 e. The van der Waals surface area contributed by atoms with E-state index >= 15 is 0 Å². The van der Waals surface area contributed by atoms with Crippen LogP contribution in [0.3, 0.4) is 0 Å². The Labute approximate surface area is 152 Å². The molecule has 0 aliphatic carbocycles. The van der Waals surface area contributed by atoms with E-state index in [1.807, 2.05) is 13.0 Å². The molecular weight excluding hydrogens is 334 g/mol. The van der Waals surface area contributed by atoms with E-state index in [2.05, 4.69) is 0 Å². The molecule has 0 N–H and O–H groups in total. The van der Waals surface area contributed by atoms with Crippen LogP contribution in [-0.2, 0) is 20.9 Å². The van der Waals surface area contributed by atoms with Gasteiger partial charge in [0.15, 0.2) is 0 Å². The summed E-state index contributed by atoms with van der Waals surface area (Å²) in [5, 5.41) is 0. The molecule has 3 rings (SSSR count). The maximum Gasteiger partial charge on any atom is 0.335 e. The van der Waals surface area contributed by atoms with E-state index in [4.69, 9.17) is 0 Å². The van der Waals surface area contributed by atoms with Crippen molar-refractivity contribution in [3.8, 4) is 0 Å². The van der Waals surface area contributed by atoms with Crippen LogP contribution in [0.2, 0.25) is 0 Å². The second kappa shape index (κ2) is 7.68. The molecule has 2 heterocycles. The minimum absolute atomic E-state index is 0.0240. The molecule has 0 aromatic heterocycles. The van der Waals surface area contributed by atoms with Gasteiger partial charge in [0, 0.05) is 12.6 Å². The van der Waals surface area contributed by atoms with Crippen LogP contribution in [0.4, 0.5) is 4.79 Å². The van der Waals surface area contributed by atoms with E-state index in [1.165, 1.54) is 0 Å². The third-order valence-corrected chi connectivity index (χ3v) is 5.03. The van der Waals surface area contributed by atoms with Crippen molar-refractivity contribution in [1.82, 2.24) is 14.7 Å². The summed E-state index contributed by atoms with van der Waals surface area (Å²) in [4.78, 5) is 53.0.